The van der Waals surface area contributed by atoms with Crippen LogP contribution in [0.5, 0.6) is 0 Å². The Morgan fingerprint density at radius 1 is 1.00 bits per heavy atom. The van der Waals surface area contributed by atoms with Gasteiger partial charge in [-0.3, -0.25) is 0 Å². The first kappa shape index (κ1) is 27.7. The number of allylic oxidation sites excluding steroid dienone is 1. The summed E-state index contributed by atoms with van der Waals surface area (Å²) in [6.45, 7) is 16.3. The number of amides is 2. The minimum atomic E-state index is -0.480. The molecular weight excluding hydrogens is 420 g/mol. The van der Waals surface area contributed by atoms with Gasteiger partial charge in [-0.15, -0.1) is 0 Å². The molecule has 0 unspecified atom stereocenters. The summed E-state index contributed by atoms with van der Waals surface area (Å²) in [6.07, 6.45) is 2.97. The topological polar surface area (TPSA) is 76.2 Å². The van der Waals surface area contributed by atoms with E-state index in [1.807, 2.05) is 31.2 Å². The van der Waals surface area contributed by atoms with Crippen molar-refractivity contribution in [3.63, 3.8) is 0 Å². The summed E-state index contributed by atoms with van der Waals surface area (Å²) >= 11 is 0. The predicted octanol–water partition coefficient (Wildman–Crippen LogP) is 4.59. The summed E-state index contributed by atoms with van der Waals surface area (Å²) in [6, 6.07) is 7.81. The molecule has 0 N–H and O–H groups in total. The second kappa shape index (κ2) is 14.7. The van der Waals surface area contributed by atoms with Gasteiger partial charge in [0.1, 0.15) is 0 Å². The van der Waals surface area contributed by atoms with Gasteiger partial charge >= 0.3 is 18.0 Å². The van der Waals surface area contributed by atoms with E-state index in [-0.39, 0.29) is 12.6 Å². The molecule has 7 heteroatoms. The largest absolute Gasteiger partial charge is 0.462 e. The quantitative estimate of drug-likeness (QED) is 0.232. The Kier molecular flexibility index (Phi) is 12.3. The maximum atomic E-state index is 13.1. The standard InChI is InChI=1S/C26H36N2O5/c1-7-24(29)32-17-11-15-28(19-22-12-10-13-23(18-22)20(2)3)26(31)27(6)14-8-9-16-33-25(30)21(4)5/h7,10,12-13,18H,1-2,4,8-9,11,14-17,19H2,3,5-6H3. The van der Waals surface area contributed by atoms with E-state index in [2.05, 4.69) is 19.7 Å². The zero-order valence-corrected chi connectivity index (χ0v) is 20.1. The molecule has 0 aliphatic rings. The van der Waals surface area contributed by atoms with Crippen molar-refractivity contribution >= 4 is 23.5 Å². The molecule has 33 heavy (non-hydrogen) atoms. The Bertz CT molecular complexity index is 862. The van der Waals surface area contributed by atoms with Crippen LogP contribution in [0.2, 0.25) is 0 Å². The molecule has 0 atom stereocenters. The summed E-state index contributed by atoms with van der Waals surface area (Å²) in [5.74, 6) is -0.883. The van der Waals surface area contributed by atoms with Crippen LogP contribution in [0.25, 0.3) is 5.57 Å². The van der Waals surface area contributed by atoms with Crippen LogP contribution in [-0.4, -0.2) is 61.1 Å². The van der Waals surface area contributed by atoms with Crippen LogP contribution < -0.4 is 0 Å². The second-order valence-electron chi connectivity index (χ2n) is 7.95. The fourth-order valence-electron chi connectivity index (χ4n) is 2.96. The van der Waals surface area contributed by atoms with E-state index in [4.69, 9.17) is 9.47 Å². The third-order valence-corrected chi connectivity index (χ3v) is 4.84. The number of urea groups is 1. The molecule has 0 saturated carbocycles. The summed E-state index contributed by atoms with van der Waals surface area (Å²) < 4.78 is 10.1. The normalized spacial score (nSPS) is 10.2. The van der Waals surface area contributed by atoms with Crippen molar-refractivity contribution in [2.45, 2.75) is 39.7 Å². The van der Waals surface area contributed by atoms with Gasteiger partial charge in [0.25, 0.3) is 0 Å². The van der Waals surface area contributed by atoms with Crippen LogP contribution in [-0.2, 0) is 25.6 Å². The average molecular weight is 457 g/mol. The number of carbonyl (C=O) groups is 3. The molecule has 1 aromatic carbocycles. The Morgan fingerprint density at radius 3 is 2.33 bits per heavy atom. The Balaban J connectivity index is 2.70. The van der Waals surface area contributed by atoms with Crippen LogP contribution in [0.15, 0.2) is 55.7 Å². The van der Waals surface area contributed by atoms with E-state index < -0.39 is 11.9 Å². The zero-order chi connectivity index (χ0) is 24.8. The highest BCUT2D eigenvalue weighted by atomic mass is 16.5. The van der Waals surface area contributed by atoms with Gasteiger partial charge in [0.15, 0.2) is 0 Å². The molecule has 0 aliphatic heterocycles. The van der Waals surface area contributed by atoms with Crippen molar-refractivity contribution < 1.29 is 23.9 Å². The minimum Gasteiger partial charge on any atom is -0.462 e. The van der Waals surface area contributed by atoms with Crippen molar-refractivity contribution in [3.8, 4) is 0 Å². The van der Waals surface area contributed by atoms with Crippen LogP contribution in [0.4, 0.5) is 4.79 Å². The second-order valence-corrected chi connectivity index (χ2v) is 7.95. The van der Waals surface area contributed by atoms with Crippen molar-refractivity contribution in [3.05, 3.63) is 66.8 Å². The predicted molar refractivity (Wildman–Crippen MR) is 130 cm³/mol. The third kappa shape index (κ3) is 10.7. The summed E-state index contributed by atoms with van der Waals surface area (Å²) in [7, 11) is 1.75. The SMILES string of the molecule is C=CC(=O)OCCCN(Cc1cccc(C(=C)C)c1)C(=O)N(C)CCCCOC(=O)C(=C)C. The van der Waals surface area contributed by atoms with Gasteiger partial charge in [-0.25, -0.2) is 14.4 Å². The first-order valence-electron chi connectivity index (χ1n) is 11.0. The van der Waals surface area contributed by atoms with Crippen molar-refractivity contribution in [1.82, 2.24) is 9.80 Å². The number of hydrogen-bond acceptors (Lipinski definition) is 5. The van der Waals surface area contributed by atoms with Gasteiger partial charge in [-0.05, 0) is 50.3 Å². The van der Waals surface area contributed by atoms with Crippen molar-refractivity contribution in [2.75, 3.05) is 33.4 Å². The monoisotopic (exact) mass is 456 g/mol. The van der Waals surface area contributed by atoms with Crippen LogP contribution in [0.1, 0.15) is 44.2 Å². The molecule has 0 spiro atoms. The van der Waals surface area contributed by atoms with E-state index >= 15 is 0 Å². The molecule has 0 fully saturated rings. The van der Waals surface area contributed by atoms with Gasteiger partial charge < -0.3 is 19.3 Å². The lowest BCUT2D eigenvalue weighted by Gasteiger charge is -2.28. The molecule has 0 aliphatic carbocycles. The van der Waals surface area contributed by atoms with Gasteiger partial charge in [0.05, 0.1) is 13.2 Å². The molecular formula is C26H36N2O5. The fraction of sp³-hybridized carbons (Fsp3) is 0.423. The van der Waals surface area contributed by atoms with E-state index in [1.165, 1.54) is 0 Å². The average Bonchev–Trinajstić information content (AvgIpc) is 2.79. The highest BCUT2D eigenvalue weighted by molar-refractivity contribution is 5.86. The maximum absolute atomic E-state index is 13.1. The molecule has 1 aromatic rings. The summed E-state index contributed by atoms with van der Waals surface area (Å²) in [5.41, 5.74) is 3.34. The van der Waals surface area contributed by atoms with Gasteiger partial charge in [-0.1, -0.05) is 43.5 Å². The fourth-order valence-corrected chi connectivity index (χ4v) is 2.96. The van der Waals surface area contributed by atoms with E-state index in [0.29, 0.717) is 51.1 Å². The number of hydrogen-bond donors (Lipinski definition) is 0. The third-order valence-electron chi connectivity index (χ3n) is 4.84. The molecule has 0 heterocycles. The van der Waals surface area contributed by atoms with Crippen molar-refractivity contribution in [2.24, 2.45) is 0 Å². The zero-order valence-electron chi connectivity index (χ0n) is 20.1. The highest BCUT2D eigenvalue weighted by Crippen LogP contribution is 2.16. The van der Waals surface area contributed by atoms with Crippen LogP contribution >= 0.6 is 0 Å². The number of carbonyl (C=O) groups excluding carboxylic acids is 3. The first-order chi connectivity index (χ1) is 15.6. The molecule has 2 amide bonds. The molecule has 0 radical (unpaired) electrons. The first-order valence-corrected chi connectivity index (χ1v) is 11.0. The van der Waals surface area contributed by atoms with Gasteiger partial charge in [-0.2, -0.15) is 0 Å². The smallest absolute Gasteiger partial charge is 0.333 e. The Morgan fingerprint density at radius 2 is 1.70 bits per heavy atom. The number of nitrogens with zero attached hydrogens (tertiary/aromatic N) is 2. The lowest BCUT2D eigenvalue weighted by atomic mass is 10.1. The molecule has 0 aromatic heterocycles. The number of benzene rings is 1. The highest BCUT2D eigenvalue weighted by Gasteiger charge is 2.18. The maximum Gasteiger partial charge on any atom is 0.333 e. The number of esters is 2. The number of rotatable bonds is 14. The van der Waals surface area contributed by atoms with Gasteiger partial charge in [0.2, 0.25) is 0 Å². The van der Waals surface area contributed by atoms with Crippen LogP contribution in [0.3, 0.4) is 0 Å². The molecule has 0 bridgehead atoms. The molecule has 1 rings (SSSR count). The van der Waals surface area contributed by atoms with E-state index in [0.717, 1.165) is 22.8 Å². The molecule has 0 saturated heterocycles. The van der Waals surface area contributed by atoms with Gasteiger partial charge in [0, 0.05) is 38.3 Å². The van der Waals surface area contributed by atoms with Crippen molar-refractivity contribution in [1.29, 1.82) is 0 Å². The minimum absolute atomic E-state index is 0.121. The molecule has 7 nitrogen and oxygen atoms in total. The van der Waals surface area contributed by atoms with Crippen LogP contribution in [0, 0.1) is 0 Å². The summed E-state index contributed by atoms with van der Waals surface area (Å²) in [4.78, 5) is 39.2. The summed E-state index contributed by atoms with van der Waals surface area (Å²) in [5, 5.41) is 0. The number of ether oxygens (including phenoxy) is 2. The number of unbranched alkanes of at least 4 members (excludes halogenated alkanes) is 1. The Hall–Kier alpha value is -3.35. The molecule has 180 valence electrons. The Labute approximate surface area is 197 Å². The lowest BCUT2D eigenvalue weighted by molar-refractivity contribution is -0.139. The van der Waals surface area contributed by atoms with E-state index in [9.17, 15) is 14.4 Å². The van der Waals surface area contributed by atoms with E-state index in [1.54, 1.807) is 23.8 Å². The lowest BCUT2D eigenvalue weighted by Crippen LogP contribution is -2.42.